The van der Waals surface area contributed by atoms with Gasteiger partial charge in [0.05, 0.1) is 109 Å². The Kier molecular flexibility index (Phi) is 52.2. The lowest BCUT2D eigenvalue weighted by Crippen LogP contribution is -2.36. The number of anilines is 4. The molecule has 4 aromatic rings. The maximum absolute atomic E-state index is 13.5. The zero-order valence-corrected chi connectivity index (χ0v) is 76.9. The Morgan fingerprint density at radius 1 is 0.457 bits per heavy atom. The van der Waals surface area contributed by atoms with Gasteiger partial charge in [0.2, 0.25) is 34.8 Å². The van der Waals surface area contributed by atoms with E-state index in [1.165, 1.54) is 50.5 Å². The Balaban J connectivity index is 0.000000830. The number of nitriles is 6. The predicted molar refractivity (Wildman–Crippen MR) is 506 cm³/mol. The predicted octanol–water partition coefficient (Wildman–Crippen LogP) is 16.5. The average Bonchev–Trinajstić information content (AvgIpc) is 1.63. The van der Waals surface area contributed by atoms with E-state index in [0.717, 1.165) is 143 Å². The van der Waals surface area contributed by atoms with E-state index >= 15 is 0 Å². The summed E-state index contributed by atoms with van der Waals surface area (Å²) in [7, 11) is 8.00. The quantitative estimate of drug-likeness (QED) is 0.00950. The lowest BCUT2D eigenvalue weighted by molar-refractivity contribution is -0.157. The van der Waals surface area contributed by atoms with E-state index in [2.05, 4.69) is 155 Å². The van der Waals surface area contributed by atoms with Gasteiger partial charge in [-0.25, -0.2) is 44.9 Å². The Hall–Kier alpha value is -14.7. The fourth-order valence-electron chi connectivity index (χ4n) is 13.1. The highest BCUT2D eigenvalue weighted by atomic mass is 31.0. The third-order valence-corrected chi connectivity index (χ3v) is 19.5. The first kappa shape index (κ1) is 112. The molecule has 0 saturated carbocycles. The molecule has 0 saturated heterocycles. The van der Waals surface area contributed by atoms with Crippen molar-refractivity contribution in [2.75, 3.05) is 85.0 Å². The molecule has 129 heavy (non-hydrogen) atoms. The normalized spacial score (nSPS) is 13.8. The van der Waals surface area contributed by atoms with Crippen LogP contribution in [0.4, 0.5) is 22.7 Å². The number of esters is 1. The summed E-state index contributed by atoms with van der Waals surface area (Å²) in [5, 5.41) is 67.1. The van der Waals surface area contributed by atoms with Gasteiger partial charge in [0.15, 0.2) is 5.92 Å². The first-order valence-corrected chi connectivity index (χ1v) is 42.0. The van der Waals surface area contributed by atoms with E-state index in [1.54, 1.807) is 75.4 Å². The molecule has 1 atom stereocenters. The number of benzene rings is 4. The van der Waals surface area contributed by atoms with E-state index in [0.29, 0.717) is 16.7 Å². The molecule has 0 fully saturated rings. The van der Waals surface area contributed by atoms with Gasteiger partial charge in [-0.15, -0.1) is 0 Å². The molecule has 29 nitrogen and oxygen atoms in total. The van der Waals surface area contributed by atoms with E-state index in [9.17, 15) is 49.2 Å². The molecule has 4 aromatic carbocycles. The zero-order valence-electron chi connectivity index (χ0n) is 75.5. The van der Waals surface area contributed by atoms with Crippen molar-refractivity contribution in [2.45, 2.75) is 184 Å². The molecule has 7 radical (unpaired) electrons. The number of carboxylic acid groups (broad SMARTS) is 1. The number of para-hydroxylation sites is 1. The van der Waals surface area contributed by atoms with Gasteiger partial charge in [-0.1, -0.05) is 161 Å². The van der Waals surface area contributed by atoms with Crippen molar-refractivity contribution in [3.05, 3.63) is 251 Å². The van der Waals surface area contributed by atoms with Crippen LogP contribution < -0.4 is 30.2 Å². The average molecular weight is 1750 g/mol. The molecule has 661 valence electrons. The number of carbonyl (C=O) groups excluding carboxylic acids is 6. The summed E-state index contributed by atoms with van der Waals surface area (Å²) in [6.45, 7) is 73.7. The van der Waals surface area contributed by atoms with Crippen LogP contribution in [0.25, 0.3) is 45.8 Å². The molecule has 0 bridgehead atoms. The minimum atomic E-state index is -1.30. The van der Waals surface area contributed by atoms with E-state index in [-0.39, 0.29) is 80.6 Å². The standard InChI is InChI=1S/C28H33N5O3.C24H25N5O3.C22H23N5O.C14H23N.C8H2N4O2.B2.B.H3P/c1-8-10-16-32(17-11-9-2)21-14-12-20(13-15-21)24-25(31-7)26(22(18-29)30-6)33(27(24)35)19-23(34)36-28(3,4)5;1-5-7-13-28(14-8-6-2)18-11-9-17(10-12-18)21-22(27-4)23(19(15-25)26-3)29(24(21)32)16-20(30)31;1-5-7-13-27(14-8-6-2)17-11-9-16(10-12-17)19-21(25-4)20(26-22(19)28)18(15-23)24-3;1-3-5-12-15(13-6-4-2)14-10-8-7-9-11-14;9-1-4(2-10)6-5(3-11)7(13)8(14)12-6;1-2;;/h12-15H,8-11,16-17,19H2,1-5H3;9-12H,5-8,13-14,16H2,1-2H3,(H,30,31);9-12H,5-8,13-14H2,1-2H3,(H,26,28);7-11H,3-6,12-13H2,1-2H3;4H,(H,12,13,14);;;1H3/b26-22+;23-19+;20-18+;;;;;. The monoisotopic (exact) mass is 1750 g/mol. The number of ketones is 1. The molecular formula is C96H109B3N20O9P. The summed E-state index contributed by atoms with van der Waals surface area (Å²) >= 11 is 0. The molecule has 4 aliphatic rings. The Morgan fingerprint density at radius 2 is 0.767 bits per heavy atom. The fourth-order valence-corrected chi connectivity index (χ4v) is 13.1. The minimum absolute atomic E-state index is 0. The van der Waals surface area contributed by atoms with Crippen LogP contribution in [0.1, 0.15) is 196 Å². The summed E-state index contributed by atoms with van der Waals surface area (Å²) in [4.78, 5) is 116. The van der Waals surface area contributed by atoms with Crippen LogP contribution in [-0.2, 0) is 38.3 Å². The van der Waals surface area contributed by atoms with Crippen LogP contribution in [0.5, 0.6) is 0 Å². The van der Waals surface area contributed by atoms with E-state index < -0.39 is 82.9 Å². The SMILES string of the molecule is CCCCN(CCCC)c1ccccc1.N#CC1=C(C(C#N)C#N)NC(=O)C1=O.P.[B].[B][B].[C-]#[N+]C1=C(c2ccc(N(CCCC)CCCC)cc2)C(=O)N(CC(=O)O)/C1=C(\C#N)[N+]#[C-].[C-]#[N+]C1=C(c2ccc(N(CCCC)CCCC)cc2)C(=O)N(CC(=O)OC(C)(C)C)/C1=C(\C#N)[N+]#[C-].[C-]#[N+]C1=C(c2ccc(N(CCCC)CCCC)cc2)C(=O)N/C1=C(\C#N)[N+]#[C-]. The Bertz CT molecular complexity index is 5260. The second kappa shape index (κ2) is 60.0. The molecule has 4 aliphatic heterocycles. The van der Waals surface area contributed by atoms with Crippen molar-refractivity contribution in [1.82, 2.24) is 20.4 Å². The molecule has 0 aromatic heterocycles. The Labute approximate surface area is 768 Å². The molecule has 0 aliphatic carbocycles. The van der Waals surface area contributed by atoms with Crippen LogP contribution in [-0.4, -0.2) is 151 Å². The number of rotatable bonds is 36. The maximum Gasteiger partial charge on any atom is 0.326 e. The lowest BCUT2D eigenvalue weighted by Gasteiger charge is -2.25. The maximum atomic E-state index is 13.5. The van der Waals surface area contributed by atoms with Gasteiger partial charge in [-0.3, -0.25) is 33.6 Å². The van der Waals surface area contributed by atoms with Crippen molar-refractivity contribution >= 4 is 115 Å². The van der Waals surface area contributed by atoms with Gasteiger partial charge < -0.3 is 49.9 Å². The lowest BCUT2D eigenvalue weighted by atomic mass is 9.81. The molecule has 8 rings (SSSR count). The van der Waals surface area contributed by atoms with Crippen LogP contribution >= 0.6 is 9.90 Å². The molecule has 3 N–H and O–H groups in total. The van der Waals surface area contributed by atoms with Gasteiger partial charge in [0.1, 0.15) is 30.3 Å². The van der Waals surface area contributed by atoms with Gasteiger partial charge in [0.25, 0.3) is 28.8 Å². The summed E-state index contributed by atoms with van der Waals surface area (Å²) in [6.07, 6.45) is 18.2. The molecule has 0 spiro atoms. The van der Waals surface area contributed by atoms with Crippen molar-refractivity contribution in [3.8, 4) is 36.4 Å². The number of carboxylic acids is 1. The first-order chi connectivity index (χ1) is 61.2. The van der Waals surface area contributed by atoms with E-state index in [1.807, 2.05) is 53.8 Å². The molecule has 4 heterocycles. The van der Waals surface area contributed by atoms with Gasteiger partial charge in [-0.05, 0) is 137 Å². The molecule has 4 amide bonds. The summed E-state index contributed by atoms with van der Waals surface area (Å²) < 4.78 is 5.34. The summed E-state index contributed by atoms with van der Waals surface area (Å²) in [6, 6.07) is 42.7. The number of nitrogens with zero attached hydrogens (tertiary/aromatic N) is 18. The number of unbranched alkanes of at least 4 members (excludes halogenated alkanes) is 8. The zero-order chi connectivity index (χ0) is 94.7. The number of hydrogen-bond donors (Lipinski definition) is 3. The molecular weight excluding hydrogens is 1640 g/mol. The number of aliphatic carboxylic acids is 1. The van der Waals surface area contributed by atoms with Gasteiger partial charge in [-0.2, -0.15) is 25.7 Å². The number of hydrogen-bond acceptors (Lipinski definition) is 18. The van der Waals surface area contributed by atoms with Gasteiger partial charge >= 0.3 is 11.9 Å². The van der Waals surface area contributed by atoms with E-state index in [4.69, 9.17) is 65.2 Å². The third-order valence-electron chi connectivity index (χ3n) is 19.5. The highest BCUT2D eigenvalue weighted by Gasteiger charge is 2.42. The number of amides is 4. The van der Waals surface area contributed by atoms with Crippen LogP contribution in [0, 0.1) is 113 Å². The molecule has 1 unspecified atom stereocenters. The first-order valence-electron chi connectivity index (χ1n) is 42.0. The van der Waals surface area contributed by atoms with Crippen LogP contribution in [0.3, 0.4) is 0 Å². The number of Topliss-reactive ketones (excluding diaryl/α,β-unsaturated/α-hetero) is 1. The van der Waals surface area contributed by atoms with Crippen LogP contribution in [0.2, 0.25) is 0 Å². The second-order valence-electron chi connectivity index (χ2n) is 29.6. The van der Waals surface area contributed by atoms with Crippen molar-refractivity contribution < 1.29 is 43.4 Å². The smallest absolute Gasteiger partial charge is 0.326 e. The number of ether oxygens (including phenoxy) is 1. The number of allylic oxidation sites excluding steroid dienone is 4. The summed E-state index contributed by atoms with van der Waals surface area (Å²) in [5.74, 6) is -7.05. The fraction of sp³-hybridized carbons (Fsp3) is 0.406. The van der Waals surface area contributed by atoms with Crippen LogP contribution in [0.15, 0.2) is 166 Å². The second-order valence-corrected chi connectivity index (χ2v) is 29.6. The Morgan fingerprint density at radius 3 is 1.04 bits per heavy atom. The number of nitrogens with one attached hydrogen (secondary N) is 2. The molecule has 33 heteroatoms. The van der Waals surface area contributed by atoms with Gasteiger partial charge in [0, 0.05) is 99.0 Å². The summed E-state index contributed by atoms with van der Waals surface area (Å²) in [5.41, 5.74) is 3.04. The third kappa shape index (κ3) is 32.3. The minimum Gasteiger partial charge on any atom is -0.480 e. The highest BCUT2D eigenvalue weighted by Crippen LogP contribution is 2.42. The largest absolute Gasteiger partial charge is 0.480 e. The van der Waals surface area contributed by atoms with Crippen molar-refractivity contribution in [1.29, 1.82) is 31.6 Å². The topological polar surface area (TPSA) is 361 Å². The number of carbonyl (C=O) groups is 7. The van der Waals surface area contributed by atoms with Crippen molar-refractivity contribution in [2.24, 2.45) is 5.92 Å². The highest BCUT2D eigenvalue weighted by molar-refractivity contribution is 6.92. The van der Waals surface area contributed by atoms with Crippen molar-refractivity contribution in [3.63, 3.8) is 0 Å².